The van der Waals surface area contributed by atoms with Crippen LogP contribution in [0.25, 0.3) is 0 Å². The van der Waals surface area contributed by atoms with Gasteiger partial charge in [-0.05, 0) is 32.1 Å². The molecule has 278 valence electrons. The number of unbranched alkanes of at least 4 members (excludes halogenated alkanes) is 25. The standard InChI is InChI=1S/C42H81NO4/c1-5-8-10-12-14-16-18-19-20-21-22-23-25-27-29-31-33-39(40(44)47-41-43-37-38-46-41)34-36-42(7-3,45-4)35-32-30-28-26-24-17-15-13-11-9-6-2/h39H,5-38H2,1-4H3. The van der Waals surface area contributed by atoms with Crippen LogP contribution in [0.4, 0.5) is 0 Å². The molecule has 1 aliphatic heterocycles. The number of ether oxygens (including phenoxy) is 3. The average molecular weight is 664 g/mol. The van der Waals surface area contributed by atoms with Crippen LogP contribution >= 0.6 is 0 Å². The van der Waals surface area contributed by atoms with Crippen molar-refractivity contribution in [3.8, 4) is 0 Å². The summed E-state index contributed by atoms with van der Waals surface area (Å²) >= 11 is 0. The molecule has 1 aliphatic rings. The van der Waals surface area contributed by atoms with Gasteiger partial charge in [0.1, 0.15) is 6.61 Å². The lowest BCUT2D eigenvalue weighted by molar-refractivity contribution is -0.143. The smallest absolute Gasteiger partial charge is 0.391 e. The lowest BCUT2D eigenvalue weighted by atomic mass is 9.84. The van der Waals surface area contributed by atoms with Crippen LogP contribution in [-0.4, -0.2) is 37.9 Å². The Labute approximate surface area is 293 Å². The number of carbonyl (C=O) groups excluding carboxylic acids is 1. The summed E-state index contributed by atoms with van der Waals surface area (Å²) in [5.41, 5.74) is -0.145. The molecule has 0 aliphatic carbocycles. The third kappa shape index (κ3) is 24.6. The van der Waals surface area contributed by atoms with E-state index in [1.54, 1.807) is 0 Å². The molecule has 0 saturated heterocycles. The molecule has 0 fully saturated rings. The fraction of sp³-hybridized carbons (Fsp3) is 0.952. The SMILES string of the molecule is CCCCCCCCCCCCCCCCCCC(CCC(CC)(CCCCCCCCCCCCC)OC)C(=O)OC1=NCCO1. The van der Waals surface area contributed by atoms with Gasteiger partial charge in [0.15, 0.2) is 0 Å². The number of rotatable bonds is 35. The van der Waals surface area contributed by atoms with Crippen molar-refractivity contribution in [2.45, 2.75) is 232 Å². The van der Waals surface area contributed by atoms with Crippen LogP contribution < -0.4 is 0 Å². The zero-order chi connectivity index (χ0) is 34.1. The second kappa shape index (κ2) is 32.1. The van der Waals surface area contributed by atoms with Crippen LogP contribution in [0.15, 0.2) is 4.99 Å². The largest absolute Gasteiger partial charge is 0.448 e. The predicted octanol–water partition coefficient (Wildman–Crippen LogP) is 13.5. The van der Waals surface area contributed by atoms with E-state index in [0.717, 1.165) is 38.5 Å². The average Bonchev–Trinajstić information content (AvgIpc) is 3.60. The maximum absolute atomic E-state index is 13.2. The van der Waals surface area contributed by atoms with Crippen molar-refractivity contribution in [1.29, 1.82) is 0 Å². The molecular formula is C42H81NO4. The van der Waals surface area contributed by atoms with E-state index in [-0.39, 0.29) is 23.6 Å². The molecule has 5 nitrogen and oxygen atoms in total. The second-order valence-corrected chi connectivity index (χ2v) is 14.8. The lowest BCUT2D eigenvalue weighted by Crippen LogP contribution is -2.33. The molecule has 0 bridgehead atoms. The fourth-order valence-corrected chi connectivity index (χ4v) is 7.24. The number of nitrogens with zero attached hydrogens (tertiary/aromatic N) is 1. The molecule has 0 N–H and O–H groups in total. The minimum atomic E-state index is -0.164. The molecule has 0 radical (unpaired) electrons. The van der Waals surface area contributed by atoms with Crippen LogP contribution in [0, 0.1) is 5.92 Å². The van der Waals surface area contributed by atoms with Crippen molar-refractivity contribution in [3.05, 3.63) is 0 Å². The van der Waals surface area contributed by atoms with Crippen LogP contribution in [0.1, 0.15) is 226 Å². The van der Waals surface area contributed by atoms with Gasteiger partial charge in [0, 0.05) is 7.11 Å². The van der Waals surface area contributed by atoms with Crippen molar-refractivity contribution < 1.29 is 19.0 Å². The van der Waals surface area contributed by atoms with E-state index in [1.165, 1.54) is 167 Å². The monoisotopic (exact) mass is 664 g/mol. The van der Waals surface area contributed by atoms with Crippen molar-refractivity contribution in [2.75, 3.05) is 20.3 Å². The Hall–Kier alpha value is -1.10. The number of esters is 1. The van der Waals surface area contributed by atoms with Gasteiger partial charge in [-0.1, -0.05) is 194 Å². The first-order chi connectivity index (χ1) is 23.1. The summed E-state index contributed by atoms with van der Waals surface area (Å²) in [6.45, 7) is 7.90. The highest BCUT2D eigenvalue weighted by atomic mass is 16.7. The second-order valence-electron chi connectivity index (χ2n) is 14.8. The molecule has 0 aromatic carbocycles. The number of aliphatic imine (C=N–C) groups is 1. The minimum Gasteiger partial charge on any atom is -0.448 e. The first kappa shape index (κ1) is 43.9. The van der Waals surface area contributed by atoms with Gasteiger partial charge in [0.2, 0.25) is 0 Å². The van der Waals surface area contributed by atoms with Crippen LogP contribution in [0.5, 0.6) is 0 Å². The molecule has 5 heteroatoms. The summed E-state index contributed by atoms with van der Waals surface area (Å²) < 4.78 is 17.2. The summed E-state index contributed by atoms with van der Waals surface area (Å²) in [7, 11) is 1.87. The molecule has 0 saturated carbocycles. The van der Waals surface area contributed by atoms with Crippen LogP contribution in [-0.2, 0) is 19.0 Å². The van der Waals surface area contributed by atoms with E-state index in [0.29, 0.717) is 13.2 Å². The highest BCUT2D eigenvalue weighted by Gasteiger charge is 2.31. The first-order valence-corrected chi connectivity index (χ1v) is 21.0. The molecule has 47 heavy (non-hydrogen) atoms. The Bertz CT molecular complexity index is 719. The van der Waals surface area contributed by atoms with Crippen molar-refractivity contribution in [2.24, 2.45) is 10.9 Å². The normalized spacial score (nSPS) is 14.9. The zero-order valence-electron chi connectivity index (χ0n) is 32.2. The molecule has 0 spiro atoms. The highest BCUT2D eigenvalue weighted by Crippen LogP contribution is 2.32. The highest BCUT2D eigenvalue weighted by molar-refractivity contribution is 5.86. The minimum absolute atomic E-state index is 0.119. The molecule has 0 aromatic rings. The maximum atomic E-state index is 13.2. The Balaban J connectivity index is 2.29. The third-order valence-corrected chi connectivity index (χ3v) is 10.7. The van der Waals surface area contributed by atoms with Gasteiger partial charge in [-0.3, -0.25) is 4.79 Å². The van der Waals surface area contributed by atoms with Crippen molar-refractivity contribution in [1.82, 2.24) is 0 Å². The van der Waals surface area contributed by atoms with Gasteiger partial charge >= 0.3 is 12.1 Å². The summed E-state index contributed by atoms with van der Waals surface area (Å²) in [6.07, 6.45) is 41.5. The van der Waals surface area contributed by atoms with Crippen molar-refractivity contribution >= 4 is 12.1 Å². The summed E-state index contributed by atoms with van der Waals surface area (Å²) in [6, 6.07) is 0. The van der Waals surface area contributed by atoms with Gasteiger partial charge < -0.3 is 14.2 Å². The number of carbonyl (C=O) groups is 1. The molecule has 2 unspecified atom stereocenters. The Kier molecular flexibility index (Phi) is 30.0. The van der Waals surface area contributed by atoms with Gasteiger partial charge in [-0.2, -0.15) is 0 Å². The van der Waals surface area contributed by atoms with E-state index >= 15 is 0 Å². The zero-order valence-corrected chi connectivity index (χ0v) is 32.2. The van der Waals surface area contributed by atoms with Crippen LogP contribution in [0.3, 0.4) is 0 Å². The maximum Gasteiger partial charge on any atom is 0.391 e. The molecule has 2 atom stereocenters. The van der Waals surface area contributed by atoms with Gasteiger partial charge in [-0.25, -0.2) is 4.99 Å². The van der Waals surface area contributed by atoms with E-state index in [9.17, 15) is 4.79 Å². The molecule has 0 amide bonds. The number of methoxy groups -OCH3 is 1. The fourth-order valence-electron chi connectivity index (χ4n) is 7.24. The quantitative estimate of drug-likeness (QED) is 0.0500. The van der Waals surface area contributed by atoms with E-state index < -0.39 is 0 Å². The number of hydrogen-bond acceptors (Lipinski definition) is 5. The molecular weight excluding hydrogens is 582 g/mol. The predicted molar refractivity (Wildman–Crippen MR) is 202 cm³/mol. The molecule has 1 heterocycles. The van der Waals surface area contributed by atoms with E-state index in [1.807, 2.05) is 7.11 Å². The Morgan fingerprint density at radius 3 is 1.43 bits per heavy atom. The summed E-state index contributed by atoms with van der Waals surface area (Å²) in [5.74, 6) is -0.283. The van der Waals surface area contributed by atoms with Gasteiger partial charge in [-0.15, -0.1) is 0 Å². The van der Waals surface area contributed by atoms with E-state index in [2.05, 4.69) is 25.8 Å². The van der Waals surface area contributed by atoms with Gasteiger partial charge in [0.25, 0.3) is 0 Å². The van der Waals surface area contributed by atoms with Crippen molar-refractivity contribution in [3.63, 3.8) is 0 Å². The van der Waals surface area contributed by atoms with Crippen LogP contribution in [0.2, 0.25) is 0 Å². The van der Waals surface area contributed by atoms with E-state index in [4.69, 9.17) is 14.2 Å². The molecule has 1 rings (SSSR count). The topological polar surface area (TPSA) is 57.1 Å². The molecule has 0 aromatic heterocycles. The third-order valence-electron chi connectivity index (χ3n) is 10.7. The Morgan fingerprint density at radius 1 is 0.617 bits per heavy atom. The lowest BCUT2D eigenvalue weighted by Gasteiger charge is -2.33. The Morgan fingerprint density at radius 2 is 1.04 bits per heavy atom. The number of hydrogen-bond donors (Lipinski definition) is 0. The summed E-state index contributed by atoms with van der Waals surface area (Å²) in [5, 5.41) is 0. The van der Waals surface area contributed by atoms with Gasteiger partial charge in [0.05, 0.1) is 18.1 Å². The first-order valence-electron chi connectivity index (χ1n) is 21.0. The summed E-state index contributed by atoms with van der Waals surface area (Å²) in [4.78, 5) is 17.4.